The number of nitrogens with one attached hydrogen (secondary N) is 3. The standard InChI is InChI=1S/C20H22N6S/c1-13-17-11-15(8-9-18(17)24-23-13)19-25-26-20(27-19)22-12-16(21-2)10-14-6-4-3-5-7-14/h3-9,11,16,21H,10,12H2,1-2H3,(H,22,26)(H,23,24). The molecule has 0 saturated heterocycles. The number of benzene rings is 2. The van der Waals surface area contributed by atoms with E-state index >= 15 is 0 Å². The van der Waals surface area contributed by atoms with Gasteiger partial charge in [-0.2, -0.15) is 5.10 Å². The monoisotopic (exact) mass is 378 g/mol. The Balaban J connectivity index is 1.43. The van der Waals surface area contributed by atoms with Crippen LogP contribution in [0.25, 0.3) is 21.5 Å². The molecule has 0 aliphatic rings. The van der Waals surface area contributed by atoms with Gasteiger partial charge >= 0.3 is 0 Å². The molecule has 0 bridgehead atoms. The van der Waals surface area contributed by atoms with Gasteiger partial charge in [0, 0.05) is 29.2 Å². The van der Waals surface area contributed by atoms with Crippen molar-refractivity contribution in [2.75, 3.05) is 18.9 Å². The fraction of sp³-hybridized carbons (Fsp3) is 0.250. The lowest BCUT2D eigenvalue weighted by Crippen LogP contribution is -2.34. The number of aryl methyl sites for hydroxylation is 1. The van der Waals surface area contributed by atoms with E-state index < -0.39 is 0 Å². The van der Waals surface area contributed by atoms with Gasteiger partial charge in [-0.1, -0.05) is 41.7 Å². The zero-order valence-corrected chi connectivity index (χ0v) is 16.2. The van der Waals surface area contributed by atoms with Gasteiger partial charge in [0.2, 0.25) is 5.13 Å². The van der Waals surface area contributed by atoms with E-state index in [1.807, 2.05) is 32.2 Å². The molecule has 0 radical (unpaired) electrons. The number of likely N-dealkylation sites (N-methyl/N-ethyl adjacent to an activating group) is 1. The predicted octanol–water partition coefficient (Wildman–Crippen LogP) is 3.63. The van der Waals surface area contributed by atoms with Gasteiger partial charge in [-0.3, -0.25) is 5.10 Å². The lowest BCUT2D eigenvalue weighted by molar-refractivity contribution is 0.583. The van der Waals surface area contributed by atoms with Crippen molar-refractivity contribution in [2.45, 2.75) is 19.4 Å². The number of nitrogens with zero attached hydrogens (tertiary/aromatic N) is 3. The van der Waals surface area contributed by atoms with E-state index in [4.69, 9.17) is 0 Å². The molecule has 4 rings (SSSR count). The Morgan fingerprint density at radius 2 is 1.96 bits per heavy atom. The summed E-state index contributed by atoms with van der Waals surface area (Å²) in [6, 6.07) is 17.0. The van der Waals surface area contributed by atoms with Crippen LogP contribution in [0.4, 0.5) is 5.13 Å². The van der Waals surface area contributed by atoms with Crippen molar-refractivity contribution in [2.24, 2.45) is 0 Å². The van der Waals surface area contributed by atoms with Crippen molar-refractivity contribution in [1.29, 1.82) is 0 Å². The average molecular weight is 379 g/mol. The van der Waals surface area contributed by atoms with Crippen LogP contribution >= 0.6 is 11.3 Å². The van der Waals surface area contributed by atoms with Gasteiger partial charge < -0.3 is 10.6 Å². The molecule has 4 aromatic rings. The van der Waals surface area contributed by atoms with Gasteiger partial charge in [0.15, 0.2) is 0 Å². The van der Waals surface area contributed by atoms with E-state index in [9.17, 15) is 0 Å². The van der Waals surface area contributed by atoms with Gasteiger partial charge in [-0.15, -0.1) is 10.2 Å². The second-order valence-electron chi connectivity index (χ2n) is 6.55. The third kappa shape index (κ3) is 3.99. The molecular formula is C20H22N6S. The van der Waals surface area contributed by atoms with Crippen molar-refractivity contribution < 1.29 is 0 Å². The molecule has 27 heavy (non-hydrogen) atoms. The summed E-state index contributed by atoms with van der Waals surface area (Å²) in [4.78, 5) is 0. The van der Waals surface area contributed by atoms with Crippen LogP contribution in [-0.4, -0.2) is 40.0 Å². The predicted molar refractivity (Wildman–Crippen MR) is 111 cm³/mol. The minimum atomic E-state index is 0.324. The maximum Gasteiger partial charge on any atom is 0.206 e. The molecule has 2 heterocycles. The molecule has 0 aliphatic heterocycles. The fourth-order valence-corrected chi connectivity index (χ4v) is 3.81. The van der Waals surface area contributed by atoms with Crippen molar-refractivity contribution >= 4 is 27.4 Å². The molecular weight excluding hydrogens is 356 g/mol. The first kappa shape index (κ1) is 17.6. The van der Waals surface area contributed by atoms with E-state index in [1.54, 1.807) is 11.3 Å². The zero-order valence-electron chi connectivity index (χ0n) is 15.4. The second-order valence-corrected chi connectivity index (χ2v) is 7.53. The summed E-state index contributed by atoms with van der Waals surface area (Å²) in [6.07, 6.45) is 0.965. The summed E-state index contributed by atoms with van der Waals surface area (Å²) < 4.78 is 0. The maximum atomic E-state index is 4.35. The van der Waals surface area contributed by atoms with E-state index in [0.29, 0.717) is 6.04 Å². The normalized spacial score (nSPS) is 12.4. The lowest BCUT2D eigenvalue weighted by Gasteiger charge is -2.16. The SMILES string of the molecule is CNC(CNc1nnc(-c2ccc3n[nH]c(C)c3c2)s1)Cc1ccccc1. The Morgan fingerprint density at radius 1 is 1.11 bits per heavy atom. The Hall–Kier alpha value is -2.77. The summed E-state index contributed by atoms with van der Waals surface area (Å²) >= 11 is 1.57. The highest BCUT2D eigenvalue weighted by atomic mass is 32.1. The Labute approximate surface area is 162 Å². The zero-order chi connectivity index (χ0) is 18.6. The molecule has 138 valence electrons. The van der Waals surface area contributed by atoms with Crippen LogP contribution in [0.3, 0.4) is 0 Å². The van der Waals surface area contributed by atoms with E-state index in [1.165, 1.54) is 5.56 Å². The molecule has 6 nitrogen and oxygen atoms in total. The smallest absolute Gasteiger partial charge is 0.206 e. The van der Waals surface area contributed by atoms with Crippen LogP contribution < -0.4 is 10.6 Å². The van der Waals surface area contributed by atoms with Crippen molar-refractivity contribution in [3.63, 3.8) is 0 Å². The average Bonchev–Trinajstić information content (AvgIpc) is 3.33. The van der Waals surface area contributed by atoms with Crippen LogP contribution in [0, 0.1) is 6.92 Å². The van der Waals surface area contributed by atoms with Crippen molar-refractivity contribution in [3.8, 4) is 10.6 Å². The summed E-state index contributed by atoms with van der Waals surface area (Å²) in [7, 11) is 1.99. The summed E-state index contributed by atoms with van der Waals surface area (Å²) in [5, 5.41) is 25.6. The fourth-order valence-electron chi connectivity index (χ4n) is 3.07. The van der Waals surface area contributed by atoms with Crippen LogP contribution in [-0.2, 0) is 6.42 Å². The Bertz CT molecular complexity index is 1020. The number of fused-ring (bicyclic) bond motifs is 1. The third-order valence-corrected chi connectivity index (χ3v) is 5.58. The Kier molecular flexibility index (Phi) is 5.13. The second kappa shape index (κ2) is 7.85. The highest BCUT2D eigenvalue weighted by Crippen LogP contribution is 2.29. The summed E-state index contributed by atoms with van der Waals surface area (Å²) in [5.41, 5.74) is 4.41. The van der Waals surface area contributed by atoms with Gasteiger partial charge in [-0.25, -0.2) is 0 Å². The lowest BCUT2D eigenvalue weighted by atomic mass is 10.1. The molecule has 2 aromatic carbocycles. The largest absolute Gasteiger partial charge is 0.358 e. The quantitative estimate of drug-likeness (QED) is 0.458. The van der Waals surface area contributed by atoms with Gasteiger partial charge in [0.25, 0.3) is 0 Å². The van der Waals surface area contributed by atoms with Crippen LogP contribution in [0.2, 0.25) is 0 Å². The molecule has 3 N–H and O–H groups in total. The number of rotatable bonds is 7. The molecule has 7 heteroatoms. The Morgan fingerprint density at radius 3 is 2.78 bits per heavy atom. The number of hydrogen-bond donors (Lipinski definition) is 3. The van der Waals surface area contributed by atoms with Crippen molar-refractivity contribution in [3.05, 3.63) is 59.8 Å². The maximum absolute atomic E-state index is 4.35. The molecule has 0 amide bonds. The number of anilines is 1. The molecule has 0 spiro atoms. The first-order valence-corrected chi connectivity index (χ1v) is 9.78. The first-order chi connectivity index (χ1) is 13.2. The molecule has 0 saturated carbocycles. The number of aromatic amines is 1. The van der Waals surface area contributed by atoms with Crippen LogP contribution in [0.15, 0.2) is 48.5 Å². The number of H-pyrrole nitrogens is 1. The minimum absolute atomic E-state index is 0.324. The van der Waals surface area contributed by atoms with E-state index in [0.717, 1.165) is 45.3 Å². The molecule has 0 fully saturated rings. The molecule has 1 atom stereocenters. The van der Waals surface area contributed by atoms with Crippen LogP contribution in [0.5, 0.6) is 0 Å². The summed E-state index contributed by atoms with van der Waals surface area (Å²) in [5.74, 6) is 0. The summed E-state index contributed by atoms with van der Waals surface area (Å²) in [6.45, 7) is 2.82. The highest BCUT2D eigenvalue weighted by molar-refractivity contribution is 7.18. The van der Waals surface area contributed by atoms with Crippen molar-refractivity contribution in [1.82, 2.24) is 25.7 Å². The third-order valence-electron chi connectivity index (χ3n) is 4.65. The van der Waals surface area contributed by atoms with E-state index in [2.05, 4.69) is 61.4 Å². The number of hydrogen-bond acceptors (Lipinski definition) is 6. The molecule has 0 aliphatic carbocycles. The van der Waals surface area contributed by atoms with Gasteiger partial charge in [0.1, 0.15) is 5.01 Å². The van der Waals surface area contributed by atoms with Gasteiger partial charge in [-0.05, 0) is 44.2 Å². The first-order valence-electron chi connectivity index (χ1n) is 8.96. The topological polar surface area (TPSA) is 78.5 Å². The highest BCUT2D eigenvalue weighted by Gasteiger charge is 2.12. The van der Waals surface area contributed by atoms with Gasteiger partial charge in [0.05, 0.1) is 5.52 Å². The molecule has 2 aromatic heterocycles. The van der Waals surface area contributed by atoms with E-state index in [-0.39, 0.29) is 0 Å². The minimum Gasteiger partial charge on any atom is -0.358 e. The van der Waals surface area contributed by atoms with Crippen LogP contribution in [0.1, 0.15) is 11.3 Å². The molecule has 1 unspecified atom stereocenters. The number of aromatic nitrogens is 4.